The number of carbonyl (C=O) groups is 1. The second-order valence-corrected chi connectivity index (χ2v) is 10.5. The molecule has 6 nitrogen and oxygen atoms in total. The van der Waals surface area contributed by atoms with E-state index >= 15 is 0 Å². The van der Waals surface area contributed by atoms with Crippen molar-refractivity contribution < 1.29 is 9.53 Å². The minimum Gasteiger partial charge on any atom is -0.497 e. The Labute approximate surface area is 182 Å². The molecule has 6 rings (SSSR count). The number of hydrogen-bond donors (Lipinski definition) is 2. The molecule has 4 fully saturated rings. The van der Waals surface area contributed by atoms with E-state index in [4.69, 9.17) is 4.74 Å². The van der Waals surface area contributed by atoms with Gasteiger partial charge in [-0.3, -0.25) is 9.89 Å². The van der Waals surface area contributed by atoms with Crippen LogP contribution in [0.2, 0.25) is 0 Å². The third kappa shape index (κ3) is 3.84. The average Bonchev–Trinajstić information content (AvgIpc) is 3.20. The lowest BCUT2D eigenvalue weighted by atomic mass is 9.48. The molecule has 1 amide bonds. The molecular weight excluding hydrogens is 396 g/mol. The van der Waals surface area contributed by atoms with Gasteiger partial charge in [-0.2, -0.15) is 0 Å². The Morgan fingerprint density at radius 2 is 1.83 bits per heavy atom. The van der Waals surface area contributed by atoms with E-state index in [-0.39, 0.29) is 11.9 Å². The number of rotatable bonds is 7. The molecule has 1 atom stereocenters. The molecule has 0 aliphatic heterocycles. The van der Waals surface area contributed by atoms with Crippen LogP contribution >= 0.6 is 11.8 Å². The van der Waals surface area contributed by atoms with Gasteiger partial charge in [0.05, 0.1) is 12.9 Å². The number of aromatic amines is 1. The summed E-state index contributed by atoms with van der Waals surface area (Å²) in [7, 11) is 1.65. The third-order valence-corrected chi connectivity index (χ3v) is 8.39. The minimum atomic E-state index is 0.0824. The van der Waals surface area contributed by atoms with Crippen LogP contribution in [-0.2, 0) is 4.79 Å². The topological polar surface area (TPSA) is 79.9 Å². The largest absolute Gasteiger partial charge is 0.497 e. The van der Waals surface area contributed by atoms with E-state index in [0.29, 0.717) is 22.1 Å². The number of nitrogens with zero attached hydrogens (tertiary/aromatic N) is 2. The van der Waals surface area contributed by atoms with E-state index in [9.17, 15) is 4.79 Å². The fourth-order valence-corrected chi connectivity index (χ4v) is 7.07. The van der Waals surface area contributed by atoms with Crippen molar-refractivity contribution in [3.63, 3.8) is 0 Å². The molecule has 0 unspecified atom stereocenters. The van der Waals surface area contributed by atoms with Gasteiger partial charge in [-0.05, 0) is 92.9 Å². The summed E-state index contributed by atoms with van der Waals surface area (Å²) >= 11 is 1.38. The molecule has 30 heavy (non-hydrogen) atoms. The van der Waals surface area contributed by atoms with E-state index in [1.807, 2.05) is 24.3 Å². The van der Waals surface area contributed by atoms with Crippen LogP contribution in [0, 0.1) is 23.2 Å². The van der Waals surface area contributed by atoms with Crippen molar-refractivity contribution in [2.24, 2.45) is 23.2 Å². The summed E-state index contributed by atoms with van der Waals surface area (Å²) in [6, 6.07) is 7.91. The van der Waals surface area contributed by atoms with Crippen LogP contribution in [0.4, 0.5) is 0 Å². The van der Waals surface area contributed by atoms with Gasteiger partial charge in [0.15, 0.2) is 5.82 Å². The molecule has 2 aromatic rings. The lowest BCUT2D eigenvalue weighted by molar-refractivity contribution is -0.123. The second-order valence-electron chi connectivity index (χ2n) is 9.55. The molecule has 4 saturated carbocycles. The molecule has 0 saturated heterocycles. The number of hydrogen-bond acceptors (Lipinski definition) is 5. The van der Waals surface area contributed by atoms with Crippen LogP contribution in [0.5, 0.6) is 5.75 Å². The highest BCUT2D eigenvalue weighted by Crippen LogP contribution is 2.61. The van der Waals surface area contributed by atoms with Gasteiger partial charge in [0.1, 0.15) is 5.75 Å². The van der Waals surface area contributed by atoms with Crippen LogP contribution in [0.15, 0.2) is 29.4 Å². The van der Waals surface area contributed by atoms with E-state index in [1.54, 1.807) is 7.11 Å². The van der Waals surface area contributed by atoms with Crippen LogP contribution < -0.4 is 10.1 Å². The van der Waals surface area contributed by atoms with Gasteiger partial charge >= 0.3 is 0 Å². The van der Waals surface area contributed by atoms with Crippen LogP contribution in [0.3, 0.4) is 0 Å². The summed E-state index contributed by atoms with van der Waals surface area (Å²) in [5.74, 6) is 4.62. The first kappa shape index (κ1) is 19.9. The number of carbonyl (C=O) groups excluding carboxylic acids is 1. The van der Waals surface area contributed by atoms with Crippen molar-refractivity contribution >= 4 is 17.7 Å². The van der Waals surface area contributed by atoms with E-state index in [0.717, 1.165) is 29.1 Å². The Bertz CT molecular complexity index is 875. The van der Waals surface area contributed by atoms with Gasteiger partial charge in [0, 0.05) is 11.6 Å². The summed E-state index contributed by atoms with van der Waals surface area (Å²) in [6.07, 6.45) is 8.20. The van der Waals surface area contributed by atoms with Crippen molar-refractivity contribution in [1.82, 2.24) is 20.5 Å². The Kier molecular flexibility index (Phi) is 5.25. The van der Waals surface area contributed by atoms with Crippen LogP contribution in [-0.4, -0.2) is 40.0 Å². The number of nitrogens with one attached hydrogen (secondary N) is 2. The summed E-state index contributed by atoms with van der Waals surface area (Å²) in [6.45, 7) is 2.23. The molecule has 160 valence electrons. The van der Waals surface area contributed by atoms with Crippen LogP contribution in [0.1, 0.15) is 45.4 Å². The Morgan fingerprint density at radius 1 is 1.20 bits per heavy atom. The van der Waals surface area contributed by atoms with E-state index < -0.39 is 0 Å². The predicted molar refractivity (Wildman–Crippen MR) is 117 cm³/mol. The number of methoxy groups -OCH3 is 1. The smallest absolute Gasteiger partial charge is 0.230 e. The molecule has 7 heteroatoms. The van der Waals surface area contributed by atoms with Crippen molar-refractivity contribution in [1.29, 1.82) is 0 Å². The summed E-state index contributed by atoms with van der Waals surface area (Å²) < 4.78 is 5.19. The monoisotopic (exact) mass is 426 g/mol. The number of aromatic nitrogens is 3. The maximum absolute atomic E-state index is 12.7. The first-order valence-electron chi connectivity index (χ1n) is 11.0. The maximum Gasteiger partial charge on any atom is 0.230 e. The number of ether oxygens (including phenoxy) is 1. The van der Waals surface area contributed by atoms with Gasteiger partial charge in [-0.25, -0.2) is 4.98 Å². The molecule has 4 aliphatic rings. The second kappa shape index (κ2) is 7.91. The number of H-pyrrole nitrogens is 1. The molecule has 4 bridgehead atoms. The van der Waals surface area contributed by atoms with E-state index in [1.165, 1.54) is 50.3 Å². The van der Waals surface area contributed by atoms with E-state index in [2.05, 4.69) is 27.4 Å². The number of benzene rings is 1. The predicted octanol–water partition coefficient (Wildman–Crippen LogP) is 4.29. The van der Waals surface area contributed by atoms with Crippen LogP contribution in [0.25, 0.3) is 11.4 Å². The first-order chi connectivity index (χ1) is 14.5. The zero-order valence-electron chi connectivity index (χ0n) is 17.7. The minimum absolute atomic E-state index is 0.0824. The van der Waals surface area contributed by atoms with Crippen molar-refractivity contribution in [2.75, 3.05) is 12.9 Å². The third-order valence-electron chi connectivity index (χ3n) is 7.54. The summed E-state index contributed by atoms with van der Waals surface area (Å²) in [5, 5.41) is 11.1. The highest BCUT2D eigenvalue weighted by molar-refractivity contribution is 7.99. The molecule has 1 aromatic carbocycles. The number of thioether (sulfide) groups is 1. The summed E-state index contributed by atoms with van der Waals surface area (Å²) in [4.78, 5) is 17.2. The molecule has 1 heterocycles. The standard InChI is InChI=1S/C23H30N4O2S/c1-14(23-10-15-7-16(11-23)9-17(8-15)12-23)24-20(28)13-30-22-25-21(26-27-22)18-3-5-19(29-2)6-4-18/h3-6,14-17H,7-13H2,1-2H3,(H,24,28)(H,25,26,27)/t14-,15?,16?,17?,23?/m1/s1. The molecule has 2 N–H and O–H groups in total. The lowest BCUT2D eigenvalue weighted by Crippen LogP contribution is -2.56. The molecule has 0 spiro atoms. The fourth-order valence-electron chi connectivity index (χ4n) is 6.46. The highest BCUT2D eigenvalue weighted by atomic mass is 32.2. The van der Waals surface area contributed by atoms with Crippen molar-refractivity contribution in [3.8, 4) is 17.1 Å². The molecule has 1 aromatic heterocycles. The summed E-state index contributed by atoms with van der Waals surface area (Å²) in [5.41, 5.74) is 1.27. The normalized spacial score (nSPS) is 30.3. The van der Waals surface area contributed by atoms with Gasteiger partial charge in [-0.1, -0.05) is 11.8 Å². The van der Waals surface area contributed by atoms with Gasteiger partial charge in [0.25, 0.3) is 0 Å². The fraction of sp³-hybridized carbons (Fsp3) is 0.609. The number of amides is 1. The average molecular weight is 427 g/mol. The Morgan fingerprint density at radius 3 is 2.43 bits per heavy atom. The zero-order valence-corrected chi connectivity index (χ0v) is 18.5. The van der Waals surface area contributed by atoms with Gasteiger partial charge in [0.2, 0.25) is 11.1 Å². The highest BCUT2D eigenvalue weighted by Gasteiger charge is 2.53. The zero-order chi connectivity index (χ0) is 20.7. The lowest BCUT2D eigenvalue weighted by Gasteiger charge is -2.59. The molecule has 4 aliphatic carbocycles. The molecular formula is C23H30N4O2S. The molecule has 0 radical (unpaired) electrons. The van der Waals surface area contributed by atoms with Crippen molar-refractivity contribution in [2.45, 2.75) is 56.6 Å². The maximum atomic E-state index is 12.7. The first-order valence-corrected chi connectivity index (χ1v) is 12.0. The Balaban J connectivity index is 1.15. The quantitative estimate of drug-likeness (QED) is 0.646. The van der Waals surface area contributed by atoms with Crippen molar-refractivity contribution in [3.05, 3.63) is 24.3 Å². The van der Waals surface area contributed by atoms with Gasteiger partial charge in [-0.15, -0.1) is 5.10 Å². The Hall–Kier alpha value is -2.02. The SMILES string of the molecule is COc1ccc(-c2nc(SCC(=O)N[C@H](C)C34CC5CC(CC(C5)C3)C4)n[nH]2)cc1. The van der Waals surface area contributed by atoms with Gasteiger partial charge < -0.3 is 10.1 Å².